The van der Waals surface area contributed by atoms with Gasteiger partial charge in [0.15, 0.2) is 0 Å². The number of hydrogen-bond donors (Lipinski definition) is 1. The smallest absolute Gasteiger partial charge is 0.0544 e. The van der Waals surface area contributed by atoms with Gasteiger partial charge in [-0.15, -0.1) is 0 Å². The third-order valence-corrected chi connectivity index (χ3v) is 5.39. The van der Waals surface area contributed by atoms with Gasteiger partial charge in [-0.2, -0.15) is 0 Å². The zero-order valence-electron chi connectivity index (χ0n) is 14.0. The number of hydrogen-bond acceptors (Lipinski definition) is 0. The second-order valence-corrected chi connectivity index (χ2v) is 7.40. The zero-order valence-corrected chi connectivity index (χ0v) is 15.6. The summed E-state index contributed by atoms with van der Waals surface area (Å²) in [6.07, 6.45) is 0. The number of benzene rings is 4. The van der Waals surface area contributed by atoms with E-state index in [9.17, 15) is 0 Å². The molecule has 4 aromatic carbocycles. The lowest BCUT2D eigenvalue weighted by Crippen LogP contribution is -1.82. The van der Waals surface area contributed by atoms with Crippen LogP contribution in [0.5, 0.6) is 0 Å². The van der Waals surface area contributed by atoms with Gasteiger partial charge >= 0.3 is 0 Å². The Kier molecular flexibility index (Phi) is 3.65. The monoisotopic (exact) mass is 397 g/mol. The Labute approximate surface area is 160 Å². The first kappa shape index (κ1) is 15.4. The molecule has 0 spiro atoms. The molecule has 0 fully saturated rings. The number of aromatic amines is 1. The van der Waals surface area contributed by atoms with Crippen LogP contribution in [0.1, 0.15) is 0 Å². The molecule has 5 aromatic rings. The van der Waals surface area contributed by atoms with Crippen molar-refractivity contribution in [2.24, 2.45) is 0 Å². The Balaban J connectivity index is 1.64. The van der Waals surface area contributed by atoms with Crippen molar-refractivity contribution in [3.63, 3.8) is 0 Å². The molecule has 0 aliphatic heterocycles. The molecular formula is C24H16BrN. The summed E-state index contributed by atoms with van der Waals surface area (Å²) in [7, 11) is 0. The first-order valence-electron chi connectivity index (χ1n) is 8.65. The molecule has 26 heavy (non-hydrogen) atoms. The van der Waals surface area contributed by atoms with Gasteiger partial charge in [0.25, 0.3) is 0 Å². The molecule has 1 nitrogen and oxygen atoms in total. The summed E-state index contributed by atoms with van der Waals surface area (Å²) in [4.78, 5) is 3.59. The van der Waals surface area contributed by atoms with Crippen LogP contribution >= 0.6 is 15.9 Å². The summed E-state index contributed by atoms with van der Waals surface area (Å²) in [5.74, 6) is 0. The van der Waals surface area contributed by atoms with E-state index in [0.29, 0.717) is 0 Å². The number of aromatic nitrogens is 1. The van der Waals surface area contributed by atoms with Crippen molar-refractivity contribution in [3.05, 3.63) is 95.5 Å². The maximum atomic E-state index is 3.59. The average molecular weight is 398 g/mol. The molecule has 0 bridgehead atoms. The number of halogens is 1. The first-order chi connectivity index (χ1) is 12.8. The maximum Gasteiger partial charge on any atom is 0.0544 e. The van der Waals surface area contributed by atoms with E-state index in [2.05, 4.69) is 112 Å². The minimum Gasteiger partial charge on any atom is -0.354 e. The van der Waals surface area contributed by atoms with E-state index in [1.54, 1.807) is 0 Å². The van der Waals surface area contributed by atoms with Gasteiger partial charge in [-0.3, -0.25) is 0 Å². The third-order valence-electron chi connectivity index (χ3n) is 4.90. The molecule has 1 aromatic heterocycles. The molecule has 0 radical (unpaired) electrons. The Morgan fingerprint density at radius 1 is 0.577 bits per heavy atom. The van der Waals surface area contributed by atoms with Crippen molar-refractivity contribution in [1.29, 1.82) is 0 Å². The van der Waals surface area contributed by atoms with Gasteiger partial charge in [0.05, 0.1) is 5.52 Å². The summed E-state index contributed by atoms with van der Waals surface area (Å²) < 4.78 is 1.10. The molecule has 124 valence electrons. The van der Waals surface area contributed by atoms with Crippen LogP contribution in [-0.4, -0.2) is 4.98 Å². The van der Waals surface area contributed by atoms with Gasteiger partial charge in [0, 0.05) is 26.3 Å². The number of H-pyrrole nitrogens is 1. The molecule has 0 aliphatic rings. The fourth-order valence-electron chi connectivity index (χ4n) is 3.62. The maximum absolute atomic E-state index is 3.59. The van der Waals surface area contributed by atoms with E-state index >= 15 is 0 Å². The molecule has 0 saturated carbocycles. The van der Waals surface area contributed by atoms with Gasteiger partial charge in [-0.05, 0) is 34.9 Å². The molecule has 1 N–H and O–H groups in total. The van der Waals surface area contributed by atoms with Crippen molar-refractivity contribution >= 4 is 37.7 Å². The first-order valence-corrected chi connectivity index (χ1v) is 9.45. The van der Waals surface area contributed by atoms with Gasteiger partial charge in [0.2, 0.25) is 0 Å². The Hall–Kier alpha value is -2.84. The van der Waals surface area contributed by atoms with Gasteiger partial charge in [-0.1, -0.05) is 88.7 Å². The van der Waals surface area contributed by atoms with Crippen LogP contribution in [0.15, 0.2) is 95.5 Å². The third kappa shape index (κ3) is 2.54. The standard InChI is InChI=1S/C24H16BrN/c25-19-6-3-5-18(15-19)16-11-13-17(14-12-16)20-8-4-9-22-21-7-1-2-10-23(21)26-24(20)22/h1-15,26H. The van der Waals surface area contributed by atoms with E-state index in [1.807, 2.05) is 0 Å². The molecule has 0 unspecified atom stereocenters. The minimum absolute atomic E-state index is 1.10. The van der Waals surface area contributed by atoms with E-state index in [4.69, 9.17) is 0 Å². The second-order valence-electron chi connectivity index (χ2n) is 6.49. The molecule has 5 rings (SSSR count). The fraction of sp³-hybridized carbons (Fsp3) is 0. The predicted octanol–water partition coefficient (Wildman–Crippen LogP) is 7.42. The fourth-order valence-corrected chi connectivity index (χ4v) is 4.02. The van der Waals surface area contributed by atoms with Crippen molar-refractivity contribution < 1.29 is 0 Å². The summed E-state index contributed by atoms with van der Waals surface area (Å²) in [5, 5.41) is 2.55. The van der Waals surface area contributed by atoms with Crippen LogP contribution in [-0.2, 0) is 0 Å². The highest BCUT2D eigenvalue weighted by molar-refractivity contribution is 9.10. The molecule has 2 heteroatoms. The second kappa shape index (κ2) is 6.15. The zero-order chi connectivity index (χ0) is 17.5. The average Bonchev–Trinajstić information content (AvgIpc) is 3.07. The van der Waals surface area contributed by atoms with E-state index in [1.165, 1.54) is 44.1 Å². The molecule has 0 atom stereocenters. The van der Waals surface area contributed by atoms with Crippen molar-refractivity contribution in [2.45, 2.75) is 0 Å². The van der Waals surface area contributed by atoms with E-state index < -0.39 is 0 Å². The highest BCUT2D eigenvalue weighted by Gasteiger charge is 2.09. The van der Waals surface area contributed by atoms with Crippen LogP contribution in [0, 0.1) is 0 Å². The van der Waals surface area contributed by atoms with Crippen LogP contribution in [0.4, 0.5) is 0 Å². The quantitative estimate of drug-likeness (QED) is 0.319. The number of rotatable bonds is 2. The number of fused-ring (bicyclic) bond motifs is 3. The van der Waals surface area contributed by atoms with E-state index in [0.717, 1.165) is 4.47 Å². The van der Waals surface area contributed by atoms with Gasteiger partial charge in [-0.25, -0.2) is 0 Å². The molecule has 1 heterocycles. The van der Waals surface area contributed by atoms with Crippen molar-refractivity contribution in [1.82, 2.24) is 4.98 Å². The Morgan fingerprint density at radius 2 is 1.31 bits per heavy atom. The highest BCUT2D eigenvalue weighted by Crippen LogP contribution is 2.34. The summed E-state index contributed by atoms with van der Waals surface area (Å²) >= 11 is 3.55. The van der Waals surface area contributed by atoms with Crippen LogP contribution < -0.4 is 0 Å². The largest absolute Gasteiger partial charge is 0.354 e. The summed E-state index contributed by atoms with van der Waals surface area (Å²) in [6, 6.07) is 32.2. The Morgan fingerprint density at radius 3 is 2.15 bits per heavy atom. The number of nitrogens with one attached hydrogen (secondary N) is 1. The van der Waals surface area contributed by atoms with E-state index in [-0.39, 0.29) is 0 Å². The minimum atomic E-state index is 1.10. The lowest BCUT2D eigenvalue weighted by atomic mass is 9.99. The van der Waals surface area contributed by atoms with Gasteiger partial charge in [0.1, 0.15) is 0 Å². The molecule has 0 aliphatic carbocycles. The van der Waals surface area contributed by atoms with Crippen molar-refractivity contribution in [2.75, 3.05) is 0 Å². The molecule has 0 saturated heterocycles. The summed E-state index contributed by atoms with van der Waals surface area (Å²) in [6.45, 7) is 0. The van der Waals surface area contributed by atoms with Crippen LogP contribution in [0.3, 0.4) is 0 Å². The molecular weight excluding hydrogens is 382 g/mol. The van der Waals surface area contributed by atoms with Crippen LogP contribution in [0.25, 0.3) is 44.1 Å². The predicted molar refractivity (Wildman–Crippen MR) is 114 cm³/mol. The highest BCUT2D eigenvalue weighted by atomic mass is 79.9. The normalized spacial score (nSPS) is 11.3. The lowest BCUT2D eigenvalue weighted by Gasteiger charge is -2.07. The topological polar surface area (TPSA) is 15.8 Å². The SMILES string of the molecule is Brc1cccc(-c2ccc(-c3cccc4c3[nH]c3ccccc34)cc2)c1. The number of para-hydroxylation sites is 2. The lowest BCUT2D eigenvalue weighted by molar-refractivity contribution is 1.53. The molecule has 0 amide bonds. The Bertz CT molecular complexity index is 1230. The van der Waals surface area contributed by atoms with Crippen molar-refractivity contribution in [3.8, 4) is 22.3 Å². The summed E-state index contributed by atoms with van der Waals surface area (Å²) in [5.41, 5.74) is 7.28. The van der Waals surface area contributed by atoms with Crippen LogP contribution in [0.2, 0.25) is 0 Å². The van der Waals surface area contributed by atoms with Gasteiger partial charge < -0.3 is 4.98 Å².